The molecule has 0 saturated heterocycles. The second kappa shape index (κ2) is 8.84. The number of hydrogen-bond acceptors (Lipinski definition) is 5. The van der Waals surface area contributed by atoms with E-state index in [1.54, 1.807) is 12.1 Å². The van der Waals surface area contributed by atoms with E-state index in [0.717, 1.165) is 21.3 Å². The summed E-state index contributed by atoms with van der Waals surface area (Å²) in [5.41, 5.74) is 3.29. The Balaban J connectivity index is 1.45. The number of nitrogens with zero attached hydrogens (tertiary/aromatic N) is 3. The van der Waals surface area contributed by atoms with Crippen LogP contribution in [0.3, 0.4) is 0 Å². The minimum Gasteiger partial charge on any atom is -0.293 e. The topological polar surface area (TPSA) is 62.1 Å². The van der Waals surface area contributed by atoms with Crippen LogP contribution in [-0.2, 0) is 11.2 Å². The Hall–Kier alpha value is -3.03. The maximum Gasteiger partial charge on any atom is 0.271 e. The van der Waals surface area contributed by atoms with Crippen LogP contribution in [0.5, 0.6) is 0 Å². The Morgan fingerprint density at radius 3 is 2.44 bits per heavy atom. The summed E-state index contributed by atoms with van der Waals surface area (Å²) in [6.07, 6.45) is 0.523. The second-order valence-corrected chi connectivity index (χ2v) is 9.34. The van der Waals surface area contributed by atoms with Crippen molar-refractivity contribution in [2.24, 2.45) is 9.98 Å². The fourth-order valence-electron chi connectivity index (χ4n) is 3.79. The molecule has 0 aromatic heterocycles. The number of carbonyl (C=O) groups excluding carboxylic acids is 2. The number of para-hydroxylation sites is 1. The molecular formula is C25H18BrN3O2S. The number of rotatable bonds is 5. The summed E-state index contributed by atoms with van der Waals surface area (Å²) in [7, 11) is 0. The van der Waals surface area contributed by atoms with Gasteiger partial charge in [0.05, 0.1) is 11.4 Å². The van der Waals surface area contributed by atoms with E-state index in [9.17, 15) is 9.59 Å². The van der Waals surface area contributed by atoms with Crippen LogP contribution in [0.4, 0.5) is 5.69 Å². The van der Waals surface area contributed by atoms with Crippen LogP contribution in [0.25, 0.3) is 0 Å². The largest absolute Gasteiger partial charge is 0.293 e. The third-order valence-corrected chi connectivity index (χ3v) is 6.86. The molecule has 0 aliphatic carbocycles. The Morgan fingerprint density at radius 1 is 0.938 bits per heavy atom. The first-order valence-electron chi connectivity index (χ1n) is 10.2. The zero-order chi connectivity index (χ0) is 22.1. The molecule has 5 rings (SSSR count). The molecule has 1 unspecified atom stereocenters. The van der Waals surface area contributed by atoms with Crippen molar-refractivity contribution >= 4 is 56.1 Å². The first kappa shape index (κ1) is 20.8. The normalized spacial score (nSPS) is 16.8. The number of halogens is 1. The number of ketones is 1. The third-order valence-electron chi connectivity index (χ3n) is 5.38. The van der Waals surface area contributed by atoms with Gasteiger partial charge in [0.25, 0.3) is 5.91 Å². The Morgan fingerprint density at radius 2 is 1.66 bits per heavy atom. The van der Waals surface area contributed by atoms with Gasteiger partial charge in [0.2, 0.25) is 0 Å². The van der Waals surface area contributed by atoms with Gasteiger partial charge in [-0.25, -0.2) is 4.99 Å². The molecule has 5 nitrogen and oxygen atoms in total. The number of Topliss-reactive ketones (excluding diaryl/α,β-unsaturated/α-hetero) is 1. The van der Waals surface area contributed by atoms with E-state index in [-0.39, 0.29) is 17.4 Å². The van der Waals surface area contributed by atoms with Gasteiger partial charge < -0.3 is 0 Å². The molecule has 158 valence electrons. The highest BCUT2D eigenvalue weighted by Gasteiger charge is 2.41. The average molecular weight is 504 g/mol. The average Bonchev–Trinajstić information content (AvgIpc) is 3.14. The summed E-state index contributed by atoms with van der Waals surface area (Å²) in [6.45, 7) is 0. The van der Waals surface area contributed by atoms with Gasteiger partial charge in [-0.3, -0.25) is 14.5 Å². The number of thioether (sulfide) groups is 1. The van der Waals surface area contributed by atoms with Gasteiger partial charge in [-0.1, -0.05) is 82.3 Å². The van der Waals surface area contributed by atoms with Crippen molar-refractivity contribution in [3.63, 3.8) is 0 Å². The van der Waals surface area contributed by atoms with Crippen molar-refractivity contribution in [3.8, 4) is 0 Å². The van der Waals surface area contributed by atoms with E-state index in [4.69, 9.17) is 4.99 Å². The molecule has 0 spiro atoms. The molecule has 0 N–H and O–H groups in total. The number of amides is 1. The molecule has 3 aromatic rings. The molecule has 0 radical (unpaired) electrons. The van der Waals surface area contributed by atoms with E-state index in [0.29, 0.717) is 23.0 Å². The predicted octanol–water partition coefficient (Wildman–Crippen LogP) is 5.27. The minimum atomic E-state index is -0.477. The summed E-state index contributed by atoms with van der Waals surface area (Å²) in [5, 5.41) is 0.625. The van der Waals surface area contributed by atoms with Crippen LogP contribution in [-0.4, -0.2) is 39.4 Å². The zero-order valence-corrected chi connectivity index (χ0v) is 19.3. The van der Waals surface area contributed by atoms with Crippen LogP contribution in [0, 0.1) is 0 Å². The molecule has 2 aliphatic heterocycles. The van der Waals surface area contributed by atoms with Gasteiger partial charge in [0.1, 0.15) is 11.9 Å². The molecule has 0 bridgehead atoms. The lowest BCUT2D eigenvalue weighted by Crippen LogP contribution is -2.44. The lowest BCUT2D eigenvalue weighted by Gasteiger charge is -2.31. The summed E-state index contributed by atoms with van der Waals surface area (Å²) in [5.74, 6) is 0.652. The van der Waals surface area contributed by atoms with E-state index >= 15 is 0 Å². The highest BCUT2D eigenvalue weighted by Crippen LogP contribution is 2.35. The fraction of sp³-hybridized carbons (Fsp3) is 0.120. The Labute approximate surface area is 198 Å². The monoisotopic (exact) mass is 503 g/mol. The van der Waals surface area contributed by atoms with Crippen molar-refractivity contribution < 1.29 is 9.59 Å². The highest BCUT2D eigenvalue weighted by molar-refractivity contribution is 9.10. The molecule has 2 heterocycles. The van der Waals surface area contributed by atoms with Gasteiger partial charge >= 0.3 is 0 Å². The molecule has 1 atom stereocenters. The Kier molecular flexibility index (Phi) is 5.76. The van der Waals surface area contributed by atoms with E-state index in [1.165, 1.54) is 11.8 Å². The fourth-order valence-corrected chi connectivity index (χ4v) is 5.00. The second-order valence-electron chi connectivity index (χ2n) is 7.48. The van der Waals surface area contributed by atoms with Crippen LogP contribution in [0.1, 0.15) is 21.5 Å². The Bertz CT molecular complexity index is 1260. The third kappa shape index (κ3) is 4.06. The molecule has 3 aromatic carbocycles. The van der Waals surface area contributed by atoms with Gasteiger partial charge in [-0.15, -0.1) is 0 Å². The van der Waals surface area contributed by atoms with Gasteiger partial charge in [0, 0.05) is 22.0 Å². The van der Waals surface area contributed by atoms with Crippen molar-refractivity contribution in [1.82, 2.24) is 4.90 Å². The maximum atomic E-state index is 12.9. The number of amidine groups is 2. The van der Waals surface area contributed by atoms with E-state index in [1.807, 2.05) is 71.6 Å². The van der Waals surface area contributed by atoms with Gasteiger partial charge in [0.15, 0.2) is 11.0 Å². The molecule has 0 saturated carbocycles. The maximum absolute atomic E-state index is 12.9. The quantitative estimate of drug-likeness (QED) is 0.445. The van der Waals surface area contributed by atoms with Crippen LogP contribution in [0.15, 0.2) is 93.3 Å². The van der Waals surface area contributed by atoms with E-state index in [2.05, 4.69) is 20.9 Å². The van der Waals surface area contributed by atoms with Crippen molar-refractivity contribution in [1.29, 1.82) is 0 Å². The standard InChI is InChI=1S/C25H18BrN3O2S/c26-18-12-10-17(11-13-18)22(30)15-32-25-27-20-9-5-4-8-19(20)23-28-24(31)21(29(23)25)14-16-6-2-1-3-7-16/h1-13,21H,14-15H2. The highest BCUT2D eigenvalue weighted by atomic mass is 79.9. The van der Waals surface area contributed by atoms with Crippen LogP contribution >= 0.6 is 27.7 Å². The summed E-state index contributed by atoms with van der Waals surface area (Å²) < 4.78 is 0.926. The number of hydrogen-bond donors (Lipinski definition) is 0. The molecule has 0 fully saturated rings. The lowest BCUT2D eigenvalue weighted by molar-refractivity contribution is -0.119. The van der Waals surface area contributed by atoms with Crippen molar-refractivity contribution in [2.45, 2.75) is 12.5 Å². The predicted molar refractivity (Wildman–Crippen MR) is 132 cm³/mol. The molecule has 1 amide bonds. The molecule has 32 heavy (non-hydrogen) atoms. The first-order chi connectivity index (χ1) is 15.6. The SMILES string of the molecule is O=C(CSC1=Nc2ccccc2C2=NC(=O)C(Cc3ccccc3)N12)c1ccc(Br)cc1. The molecule has 2 aliphatic rings. The van der Waals surface area contributed by atoms with Crippen LogP contribution in [0.2, 0.25) is 0 Å². The zero-order valence-electron chi connectivity index (χ0n) is 16.9. The van der Waals surface area contributed by atoms with E-state index < -0.39 is 6.04 Å². The van der Waals surface area contributed by atoms with Gasteiger partial charge in [-0.05, 0) is 29.8 Å². The minimum absolute atomic E-state index is 0.00711. The summed E-state index contributed by atoms with van der Waals surface area (Å²) >= 11 is 4.74. The smallest absolute Gasteiger partial charge is 0.271 e. The molecule has 7 heteroatoms. The summed E-state index contributed by atoms with van der Waals surface area (Å²) in [6, 6.07) is 24.4. The lowest BCUT2D eigenvalue weighted by atomic mass is 10.0. The van der Waals surface area contributed by atoms with Gasteiger partial charge in [-0.2, -0.15) is 4.99 Å². The first-order valence-corrected chi connectivity index (χ1v) is 11.9. The van der Waals surface area contributed by atoms with Crippen molar-refractivity contribution in [2.75, 3.05) is 5.75 Å². The number of fused-ring (bicyclic) bond motifs is 3. The number of aliphatic imine (C=N–C) groups is 2. The summed E-state index contributed by atoms with van der Waals surface area (Å²) in [4.78, 5) is 36.8. The number of benzene rings is 3. The van der Waals surface area contributed by atoms with Crippen molar-refractivity contribution in [3.05, 3.63) is 100 Å². The number of carbonyl (C=O) groups is 2. The van der Waals surface area contributed by atoms with Crippen LogP contribution < -0.4 is 0 Å². The molecular weight excluding hydrogens is 486 g/mol.